The van der Waals surface area contributed by atoms with Gasteiger partial charge in [-0.05, 0) is 56.6 Å². The van der Waals surface area contributed by atoms with Crippen molar-refractivity contribution in [1.82, 2.24) is 25.6 Å². The Morgan fingerprint density at radius 1 is 0.957 bits per heavy atom. The Kier molecular flexibility index (Phi) is 12.4. The van der Waals surface area contributed by atoms with Gasteiger partial charge in [-0.1, -0.05) is 51.3 Å². The van der Waals surface area contributed by atoms with Crippen LogP contribution in [0, 0.1) is 5.92 Å². The lowest BCUT2D eigenvalue weighted by molar-refractivity contribution is -0.147. The highest BCUT2D eigenvalue weighted by molar-refractivity contribution is 5.98. The van der Waals surface area contributed by atoms with Crippen LogP contribution in [0.4, 0.5) is 0 Å². The number of hydrogen-bond donors (Lipinski definition) is 3. The molecule has 5 atom stereocenters. The lowest BCUT2D eigenvalue weighted by atomic mass is 9.93. The molecule has 3 N–H and O–H groups in total. The summed E-state index contributed by atoms with van der Waals surface area (Å²) >= 11 is 0. The zero-order chi connectivity index (χ0) is 33.2. The van der Waals surface area contributed by atoms with Gasteiger partial charge in [0, 0.05) is 31.0 Å². The van der Waals surface area contributed by atoms with E-state index in [2.05, 4.69) is 16.0 Å². The van der Waals surface area contributed by atoms with E-state index in [1.54, 1.807) is 29.9 Å². The molecule has 12 nitrogen and oxygen atoms in total. The third-order valence-electron chi connectivity index (χ3n) is 9.19. The molecular weight excluding hydrogens is 590 g/mol. The van der Waals surface area contributed by atoms with Crippen molar-refractivity contribution in [3.8, 4) is 0 Å². The first-order valence-electron chi connectivity index (χ1n) is 16.7. The standard InChI is InChI=1S/C34H49N5O7/c1-5-22(3)30-34(44)38-19-13-12-17-28(38)33(43)35-25(15-8-7-9-18-29(40)46-6-2)31(41)36-26(32(42)37-30)20-23-21-39(45-4)27-16-11-10-14-24(23)27/h10-11,14,16,21-22,25-26,28,30H,5-9,12-13,15,17-20H2,1-4H3,(H,35,43)(H,36,41)(H,37,42)/t22-,25-,26-,28+,30-/m0/s1. The molecule has 4 amide bonds. The van der Waals surface area contributed by atoms with Gasteiger partial charge in [-0.25, -0.2) is 0 Å². The van der Waals surface area contributed by atoms with Crippen LogP contribution in [0.15, 0.2) is 30.5 Å². The molecule has 46 heavy (non-hydrogen) atoms. The molecule has 4 rings (SSSR count). The van der Waals surface area contributed by atoms with Crippen LogP contribution in [0.1, 0.15) is 84.1 Å². The van der Waals surface area contributed by atoms with Crippen molar-refractivity contribution < 1.29 is 33.5 Å². The van der Waals surface area contributed by atoms with Crippen LogP contribution in [0.25, 0.3) is 10.9 Å². The predicted octanol–water partition coefficient (Wildman–Crippen LogP) is 2.65. The first-order chi connectivity index (χ1) is 22.2. The molecule has 0 aliphatic carbocycles. The number of amides is 4. The number of nitrogens with one attached hydrogen (secondary N) is 3. The van der Waals surface area contributed by atoms with Crippen LogP contribution < -0.4 is 20.8 Å². The highest BCUT2D eigenvalue weighted by Gasteiger charge is 2.40. The Balaban J connectivity index is 1.64. The highest BCUT2D eigenvalue weighted by atomic mass is 16.6. The third-order valence-corrected chi connectivity index (χ3v) is 9.19. The molecular formula is C34H49N5O7. The van der Waals surface area contributed by atoms with E-state index in [9.17, 15) is 24.0 Å². The molecule has 3 heterocycles. The van der Waals surface area contributed by atoms with Gasteiger partial charge >= 0.3 is 5.97 Å². The molecule has 2 aromatic rings. The maximum atomic E-state index is 14.1. The van der Waals surface area contributed by atoms with Crippen molar-refractivity contribution in [1.29, 1.82) is 0 Å². The summed E-state index contributed by atoms with van der Waals surface area (Å²) in [6, 6.07) is 4.10. The van der Waals surface area contributed by atoms with E-state index < -0.39 is 36.0 Å². The fourth-order valence-electron chi connectivity index (χ4n) is 6.38. The number of carbonyl (C=O) groups is 5. The van der Waals surface area contributed by atoms with Gasteiger partial charge in [0.15, 0.2) is 0 Å². The molecule has 12 heteroatoms. The molecule has 0 unspecified atom stereocenters. The second-order valence-corrected chi connectivity index (χ2v) is 12.3. The number of hydrogen-bond acceptors (Lipinski definition) is 7. The minimum Gasteiger partial charge on any atom is -0.466 e. The Hall–Kier alpha value is -4.09. The number of para-hydroxylation sites is 1. The molecule has 252 valence electrons. The number of rotatable bonds is 12. The van der Waals surface area contributed by atoms with Gasteiger partial charge < -0.3 is 30.4 Å². The van der Waals surface area contributed by atoms with Crippen molar-refractivity contribution in [3.05, 3.63) is 36.0 Å². The van der Waals surface area contributed by atoms with Crippen LogP contribution in [-0.4, -0.2) is 83.7 Å². The molecule has 1 aromatic carbocycles. The number of esters is 1. The third kappa shape index (κ3) is 8.38. The van der Waals surface area contributed by atoms with E-state index in [1.165, 1.54) is 0 Å². The topological polar surface area (TPSA) is 148 Å². The van der Waals surface area contributed by atoms with E-state index in [1.807, 2.05) is 38.1 Å². The van der Waals surface area contributed by atoms with Crippen LogP contribution >= 0.6 is 0 Å². The average molecular weight is 640 g/mol. The van der Waals surface area contributed by atoms with Gasteiger partial charge in [-0.3, -0.25) is 24.0 Å². The molecule has 0 saturated carbocycles. The molecule has 0 radical (unpaired) electrons. The number of piperidine rings is 1. The molecule has 2 aliphatic heterocycles. The van der Waals surface area contributed by atoms with E-state index in [0.717, 1.165) is 29.3 Å². The summed E-state index contributed by atoms with van der Waals surface area (Å²) in [5.74, 6) is -2.03. The van der Waals surface area contributed by atoms with Crippen molar-refractivity contribution in [2.45, 2.75) is 109 Å². The van der Waals surface area contributed by atoms with E-state index in [4.69, 9.17) is 9.57 Å². The SMILES string of the molecule is CCOC(=O)CCCCC[C@@H]1NC(=O)[C@H]2CCCCN2C(=O)[C@H]([C@@H](C)CC)NC(=O)[C@H](Cc2cn(OC)c3ccccc23)NC1=O. The van der Waals surface area contributed by atoms with Crippen molar-refractivity contribution in [2.75, 3.05) is 20.3 Å². The number of nitrogens with zero attached hydrogens (tertiary/aromatic N) is 2. The second-order valence-electron chi connectivity index (χ2n) is 12.3. The number of ether oxygens (including phenoxy) is 1. The van der Waals surface area contributed by atoms with Gasteiger partial charge in [0.05, 0.1) is 12.1 Å². The maximum Gasteiger partial charge on any atom is 0.305 e. The van der Waals surface area contributed by atoms with Crippen molar-refractivity contribution >= 4 is 40.5 Å². The summed E-state index contributed by atoms with van der Waals surface area (Å²) in [5.41, 5.74) is 1.60. The largest absolute Gasteiger partial charge is 0.466 e. The number of fused-ring (bicyclic) bond motifs is 2. The normalized spacial score (nSPS) is 23.3. The lowest BCUT2D eigenvalue weighted by Crippen LogP contribution is -2.64. The summed E-state index contributed by atoms with van der Waals surface area (Å²) in [4.78, 5) is 74.6. The summed E-state index contributed by atoms with van der Waals surface area (Å²) < 4.78 is 6.61. The first-order valence-corrected chi connectivity index (χ1v) is 16.7. The zero-order valence-electron chi connectivity index (χ0n) is 27.5. The monoisotopic (exact) mass is 639 g/mol. The van der Waals surface area contributed by atoms with Crippen LogP contribution in [-0.2, 0) is 35.1 Å². The minimum absolute atomic E-state index is 0.141. The second kappa shape index (κ2) is 16.5. The van der Waals surface area contributed by atoms with E-state index in [0.29, 0.717) is 51.7 Å². The fourth-order valence-corrected chi connectivity index (χ4v) is 6.38. The molecule has 2 aliphatic rings. The Morgan fingerprint density at radius 3 is 2.43 bits per heavy atom. The van der Waals surface area contributed by atoms with Crippen molar-refractivity contribution in [2.24, 2.45) is 5.92 Å². The summed E-state index contributed by atoms with van der Waals surface area (Å²) in [7, 11) is 1.55. The number of benzene rings is 1. The maximum absolute atomic E-state index is 14.1. The van der Waals surface area contributed by atoms with Gasteiger partial charge in [0.2, 0.25) is 23.6 Å². The lowest BCUT2D eigenvalue weighted by Gasteiger charge is -2.39. The molecule has 0 spiro atoms. The average Bonchev–Trinajstić information content (AvgIpc) is 3.42. The Morgan fingerprint density at radius 2 is 1.70 bits per heavy atom. The summed E-state index contributed by atoms with van der Waals surface area (Å²) in [5, 5.41) is 9.70. The Labute approximate surface area is 270 Å². The van der Waals surface area contributed by atoms with Gasteiger partial charge in [-0.2, -0.15) is 4.73 Å². The molecule has 1 aromatic heterocycles. The Bertz CT molecular complexity index is 1390. The quantitative estimate of drug-likeness (QED) is 0.239. The van der Waals surface area contributed by atoms with Crippen LogP contribution in [0.5, 0.6) is 0 Å². The number of aromatic nitrogens is 1. The van der Waals surface area contributed by atoms with E-state index >= 15 is 0 Å². The minimum atomic E-state index is -1.03. The molecule has 2 fully saturated rings. The fraction of sp³-hybridized carbons (Fsp3) is 0.618. The first kappa shape index (κ1) is 34.8. The number of unbranched alkanes of at least 4 members (excludes halogenated alkanes) is 2. The zero-order valence-corrected chi connectivity index (χ0v) is 27.5. The van der Waals surface area contributed by atoms with Gasteiger partial charge in [-0.15, -0.1) is 0 Å². The van der Waals surface area contributed by atoms with Crippen LogP contribution in [0.3, 0.4) is 0 Å². The summed E-state index contributed by atoms with van der Waals surface area (Å²) in [6.07, 6.45) is 7.01. The van der Waals surface area contributed by atoms with Gasteiger partial charge in [0.25, 0.3) is 0 Å². The highest BCUT2D eigenvalue weighted by Crippen LogP contribution is 2.24. The summed E-state index contributed by atoms with van der Waals surface area (Å²) in [6.45, 7) is 6.36. The predicted molar refractivity (Wildman–Crippen MR) is 172 cm³/mol. The number of carbonyl (C=O) groups excluding carboxylic acids is 5. The van der Waals surface area contributed by atoms with Gasteiger partial charge in [0.1, 0.15) is 31.3 Å². The van der Waals surface area contributed by atoms with Crippen molar-refractivity contribution in [3.63, 3.8) is 0 Å². The van der Waals surface area contributed by atoms with Crippen LogP contribution in [0.2, 0.25) is 0 Å². The van der Waals surface area contributed by atoms with E-state index in [-0.39, 0.29) is 36.5 Å². The smallest absolute Gasteiger partial charge is 0.305 e. The molecule has 2 saturated heterocycles. The molecule has 0 bridgehead atoms.